The fourth-order valence-electron chi connectivity index (χ4n) is 1.96. The van der Waals surface area contributed by atoms with Gasteiger partial charge in [-0.2, -0.15) is 0 Å². The van der Waals surface area contributed by atoms with Crippen molar-refractivity contribution in [1.29, 1.82) is 0 Å². The highest BCUT2D eigenvalue weighted by molar-refractivity contribution is 4.68. The molecule has 1 N–H and O–H groups in total. The largest absolute Gasteiger partial charge is 0.315 e. The summed E-state index contributed by atoms with van der Waals surface area (Å²) in [4.78, 5) is 5.05. The smallest absolute Gasteiger partial charge is 0.0110 e. The Kier molecular flexibility index (Phi) is 6.22. The minimum atomic E-state index is 0.718. The first-order valence-electron chi connectivity index (χ1n) is 6.37. The maximum Gasteiger partial charge on any atom is 0.0110 e. The van der Waals surface area contributed by atoms with Crippen molar-refractivity contribution < 1.29 is 0 Å². The lowest BCUT2D eigenvalue weighted by atomic mass is 10.2. The Balaban J connectivity index is 2.17. The second-order valence-corrected chi connectivity index (χ2v) is 4.68. The van der Waals surface area contributed by atoms with Crippen LogP contribution < -0.4 is 5.32 Å². The summed E-state index contributed by atoms with van der Waals surface area (Å²) in [7, 11) is 2.24. The normalized spacial score (nSPS) is 21.6. The summed E-state index contributed by atoms with van der Waals surface area (Å²) in [6, 6.07) is 0.718. The Morgan fingerprint density at radius 3 is 2.87 bits per heavy atom. The second-order valence-electron chi connectivity index (χ2n) is 4.68. The summed E-state index contributed by atoms with van der Waals surface area (Å²) in [6.45, 7) is 11.8. The standard InChI is InChI=1S/C12H27N3/c1-4-12(2)14(3)10-11-15-8-5-6-13-7-9-15/h12-13H,4-11H2,1-3H3. The van der Waals surface area contributed by atoms with E-state index < -0.39 is 0 Å². The van der Waals surface area contributed by atoms with E-state index in [1.54, 1.807) is 0 Å². The fourth-order valence-corrected chi connectivity index (χ4v) is 1.96. The lowest BCUT2D eigenvalue weighted by Crippen LogP contribution is -2.38. The van der Waals surface area contributed by atoms with Crippen molar-refractivity contribution in [2.75, 3.05) is 46.3 Å². The lowest BCUT2D eigenvalue weighted by Gasteiger charge is -2.27. The molecule has 1 heterocycles. The van der Waals surface area contributed by atoms with Crippen molar-refractivity contribution in [3.05, 3.63) is 0 Å². The van der Waals surface area contributed by atoms with Gasteiger partial charge in [0, 0.05) is 32.2 Å². The maximum atomic E-state index is 3.44. The minimum Gasteiger partial charge on any atom is -0.315 e. The van der Waals surface area contributed by atoms with Gasteiger partial charge in [-0.05, 0) is 39.9 Å². The molecule has 3 heteroatoms. The SMILES string of the molecule is CCC(C)N(C)CCN1CCCNCC1. The Morgan fingerprint density at radius 1 is 1.33 bits per heavy atom. The van der Waals surface area contributed by atoms with Gasteiger partial charge in [0.25, 0.3) is 0 Å². The predicted molar refractivity (Wildman–Crippen MR) is 66.3 cm³/mol. The molecule has 0 aromatic rings. The number of likely N-dealkylation sites (N-methyl/N-ethyl adjacent to an activating group) is 1. The van der Waals surface area contributed by atoms with Gasteiger partial charge in [-0.3, -0.25) is 0 Å². The van der Waals surface area contributed by atoms with Crippen LogP contribution in [-0.4, -0.2) is 62.2 Å². The summed E-state index contributed by atoms with van der Waals surface area (Å²) in [6.07, 6.45) is 2.55. The number of rotatable bonds is 5. The van der Waals surface area contributed by atoms with Gasteiger partial charge in [-0.15, -0.1) is 0 Å². The number of nitrogens with zero attached hydrogens (tertiary/aromatic N) is 2. The van der Waals surface area contributed by atoms with Crippen molar-refractivity contribution in [1.82, 2.24) is 15.1 Å². The summed E-state index contributed by atoms with van der Waals surface area (Å²) in [5.74, 6) is 0. The molecule has 0 bridgehead atoms. The van der Waals surface area contributed by atoms with E-state index in [1.165, 1.54) is 45.6 Å². The molecule has 1 aliphatic rings. The summed E-state index contributed by atoms with van der Waals surface area (Å²) in [5, 5.41) is 3.44. The first-order valence-corrected chi connectivity index (χ1v) is 6.37. The topological polar surface area (TPSA) is 18.5 Å². The molecule has 0 radical (unpaired) electrons. The molecule has 1 rings (SSSR count). The second kappa shape index (κ2) is 7.20. The van der Waals surface area contributed by atoms with Crippen LogP contribution in [0.4, 0.5) is 0 Å². The Hall–Kier alpha value is -0.120. The van der Waals surface area contributed by atoms with Crippen LogP contribution in [0.15, 0.2) is 0 Å². The third-order valence-electron chi connectivity index (χ3n) is 3.54. The monoisotopic (exact) mass is 213 g/mol. The molecular weight excluding hydrogens is 186 g/mol. The molecule has 1 aliphatic heterocycles. The molecule has 0 aromatic carbocycles. The average Bonchev–Trinajstić information content (AvgIpc) is 2.53. The van der Waals surface area contributed by atoms with Crippen molar-refractivity contribution in [2.24, 2.45) is 0 Å². The van der Waals surface area contributed by atoms with Gasteiger partial charge in [-0.1, -0.05) is 6.92 Å². The zero-order valence-electron chi connectivity index (χ0n) is 10.6. The Morgan fingerprint density at radius 2 is 2.13 bits per heavy atom. The highest BCUT2D eigenvalue weighted by Crippen LogP contribution is 2.01. The van der Waals surface area contributed by atoms with Crippen LogP contribution in [0.25, 0.3) is 0 Å². The molecule has 0 amide bonds. The van der Waals surface area contributed by atoms with E-state index in [9.17, 15) is 0 Å². The minimum absolute atomic E-state index is 0.718. The van der Waals surface area contributed by atoms with Crippen LogP contribution in [0.1, 0.15) is 26.7 Å². The number of nitrogens with one attached hydrogen (secondary N) is 1. The van der Waals surface area contributed by atoms with Crippen molar-refractivity contribution >= 4 is 0 Å². The van der Waals surface area contributed by atoms with Crippen LogP contribution in [0.2, 0.25) is 0 Å². The molecule has 1 atom stereocenters. The Labute approximate surface area is 94.8 Å². The lowest BCUT2D eigenvalue weighted by molar-refractivity contribution is 0.199. The first-order chi connectivity index (χ1) is 7.24. The highest BCUT2D eigenvalue weighted by Gasteiger charge is 2.11. The zero-order chi connectivity index (χ0) is 11.1. The molecule has 1 saturated heterocycles. The van der Waals surface area contributed by atoms with Crippen molar-refractivity contribution in [2.45, 2.75) is 32.7 Å². The average molecular weight is 213 g/mol. The van der Waals surface area contributed by atoms with Crippen molar-refractivity contribution in [3.63, 3.8) is 0 Å². The van der Waals surface area contributed by atoms with Crippen LogP contribution in [0.5, 0.6) is 0 Å². The predicted octanol–water partition coefficient (Wildman–Crippen LogP) is 1.01. The molecule has 0 aliphatic carbocycles. The molecular formula is C12H27N3. The summed E-state index contributed by atoms with van der Waals surface area (Å²) >= 11 is 0. The van der Waals surface area contributed by atoms with Gasteiger partial charge < -0.3 is 15.1 Å². The van der Waals surface area contributed by atoms with Crippen LogP contribution in [0, 0.1) is 0 Å². The van der Waals surface area contributed by atoms with Gasteiger partial charge >= 0.3 is 0 Å². The zero-order valence-corrected chi connectivity index (χ0v) is 10.6. The van der Waals surface area contributed by atoms with Gasteiger partial charge in [0.05, 0.1) is 0 Å². The van der Waals surface area contributed by atoms with Crippen LogP contribution >= 0.6 is 0 Å². The van der Waals surface area contributed by atoms with E-state index in [0.29, 0.717) is 0 Å². The van der Waals surface area contributed by atoms with Crippen LogP contribution in [-0.2, 0) is 0 Å². The van der Waals surface area contributed by atoms with E-state index in [2.05, 4.69) is 36.0 Å². The van der Waals surface area contributed by atoms with Gasteiger partial charge in [-0.25, -0.2) is 0 Å². The maximum absolute atomic E-state index is 3.44. The number of hydrogen-bond donors (Lipinski definition) is 1. The van der Waals surface area contributed by atoms with Gasteiger partial charge in [0.15, 0.2) is 0 Å². The van der Waals surface area contributed by atoms with E-state index in [-0.39, 0.29) is 0 Å². The van der Waals surface area contributed by atoms with E-state index >= 15 is 0 Å². The molecule has 0 aromatic heterocycles. The first kappa shape index (κ1) is 12.9. The Bertz CT molecular complexity index is 153. The summed E-state index contributed by atoms with van der Waals surface area (Å²) < 4.78 is 0. The fraction of sp³-hybridized carbons (Fsp3) is 1.00. The van der Waals surface area contributed by atoms with Gasteiger partial charge in [0.1, 0.15) is 0 Å². The van der Waals surface area contributed by atoms with E-state index in [1.807, 2.05) is 0 Å². The molecule has 15 heavy (non-hydrogen) atoms. The summed E-state index contributed by atoms with van der Waals surface area (Å²) in [5.41, 5.74) is 0. The van der Waals surface area contributed by atoms with Gasteiger partial charge in [0.2, 0.25) is 0 Å². The molecule has 1 fully saturated rings. The molecule has 0 spiro atoms. The number of hydrogen-bond acceptors (Lipinski definition) is 3. The quantitative estimate of drug-likeness (QED) is 0.735. The van der Waals surface area contributed by atoms with Crippen LogP contribution in [0.3, 0.4) is 0 Å². The van der Waals surface area contributed by atoms with E-state index in [4.69, 9.17) is 0 Å². The highest BCUT2D eigenvalue weighted by atomic mass is 15.2. The van der Waals surface area contributed by atoms with E-state index in [0.717, 1.165) is 12.6 Å². The molecule has 1 unspecified atom stereocenters. The molecule has 3 nitrogen and oxygen atoms in total. The third-order valence-corrected chi connectivity index (χ3v) is 3.54. The third kappa shape index (κ3) is 4.96. The molecule has 90 valence electrons. The molecule has 0 saturated carbocycles. The van der Waals surface area contributed by atoms with Crippen molar-refractivity contribution in [3.8, 4) is 0 Å².